The topological polar surface area (TPSA) is 70.8 Å². The van der Waals surface area contributed by atoms with Crippen LogP contribution in [0.5, 0.6) is 11.5 Å². The number of nitrogens with zero attached hydrogens (tertiary/aromatic N) is 1. The highest BCUT2D eigenvalue weighted by Crippen LogP contribution is 2.25. The van der Waals surface area contributed by atoms with Crippen LogP contribution < -0.4 is 9.47 Å². The van der Waals surface area contributed by atoms with Gasteiger partial charge in [-0.2, -0.15) is 0 Å². The average molecular weight is 476 g/mol. The smallest absolute Gasteiger partial charge is 0.338 e. The Morgan fingerprint density at radius 3 is 2.41 bits per heavy atom. The zero-order valence-electron chi connectivity index (χ0n) is 19.2. The highest BCUT2D eigenvalue weighted by Gasteiger charge is 2.15. The number of aromatic nitrogens is 1. The number of aryl methyl sites for hydroxylation is 2. The number of oxazole rings is 1. The summed E-state index contributed by atoms with van der Waals surface area (Å²) in [5.41, 5.74) is 4.75. The van der Waals surface area contributed by atoms with Crippen LogP contribution in [0, 0.1) is 13.8 Å². The van der Waals surface area contributed by atoms with Gasteiger partial charge in [-0.3, -0.25) is 0 Å². The second-order valence-corrected chi connectivity index (χ2v) is 8.28. The molecule has 6 nitrogen and oxygen atoms in total. The lowest BCUT2D eigenvalue weighted by Gasteiger charge is -2.13. The molecule has 0 saturated heterocycles. The summed E-state index contributed by atoms with van der Waals surface area (Å²) in [6.45, 7) is 4.34. The molecule has 34 heavy (non-hydrogen) atoms. The number of hydrogen-bond donors (Lipinski definition) is 1. The van der Waals surface area contributed by atoms with Crippen LogP contribution in [0.15, 0.2) is 76.2 Å². The minimum atomic E-state index is -0.377. The third kappa shape index (κ3) is 5.43. The van der Waals surface area contributed by atoms with Crippen molar-refractivity contribution in [2.45, 2.75) is 32.0 Å². The zero-order chi connectivity index (χ0) is 24.1. The molecule has 0 fully saturated rings. The maximum absolute atomic E-state index is 12.1. The van der Waals surface area contributed by atoms with E-state index in [-0.39, 0.29) is 19.2 Å². The normalized spacial score (nSPS) is 10.7. The maximum atomic E-state index is 12.1. The highest BCUT2D eigenvalue weighted by atomic mass is 32.1. The molecule has 1 heterocycles. The Hall–Kier alpha value is -3.71. The molecule has 0 saturated carbocycles. The van der Waals surface area contributed by atoms with Gasteiger partial charge in [0.1, 0.15) is 36.7 Å². The maximum Gasteiger partial charge on any atom is 0.338 e. The predicted molar refractivity (Wildman–Crippen MR) is 132 cm³/mol. The van der Waals surface area contributed by atoms with Gasteiger partial charge in [0.2, 0.25) is 5.89 Å². The van der Waals surface area contributed by atoms with Gasteiger partial charge in [0, 0.05) is 22.1 Å². The molecule has 0 bridgehead atoms. The second kappa shape index (κ2) is 10.5. The molecule has 0 unspecified atom stereocenters. The molecule has 1 aromatic heterocycles. The zero-order valence-corrected chi connectivity index (χ0v) is 20.1. The van der Waals surface area contributed by atoms with Gasteiger partial charge in [-0.25, -0.2) is 9.78 Å². The molecule has 7 heteroatoms. The molecule has 174 valence electrons. The van der Waals surface area contributed by atoms with Gasteiger partial charge < -0.3 is 18.6 Å². The van der Waals surface area contributed by atoms with Crippen molar-refractivity contribution in [3.8, 4) is 23.0 Å². The van der Waals surface area contributed by atoms with Crippen molar-refractivity contribution in [3.05, 3.63) is 94.9 Å². The van der Waals surface area contributed by atoms with Crippen LogP contribution >= 0.6 is 12.6 Å². The Morgan fingerprint density at radius 1 is 0.941 bits per heavy atom. The lowest BCUT2D eigenvalue weighted by molar-refractivity contribution is 0.0597. The number of carbonyl (C=O) groups excluding carboxylic acids is 1. The van der Waals surface area contributed by atoms with Gasteiger partial charge in [-0.05, 0) is 55.3 Å². The lowest BCUT2D eigenvalue weighted by Crippen LogP contribution is -2.10. The first kappa shape index (κ1) is 23.4. The summed E-state index contributed by atoms with van der Waals surface area (Å²) in [5.74, 6) is 1.41. The molecule has 0 radical (unpaired) electrons. The van der Waals surface area contributed by atoms with Crippen LogP contribution in [-0.2, 0) is 18.0 Å². The third-order valence-corrected chi connectivity index (χ3v) is 5.83. The van der Waals surface area contributed by atoms with Crippen molar-refractivity contribution in [2.24, 2.45) is 0 Å². The molecule has 0 aliphatic heterocycles. The van der Waals surface area contributed by atoms with E-state index in [1.165, 1.54) is 7.11 Å². The highest BCUT2D eigenvalue weighted by molar-refractivity contribution is 7.80. The Balaban J connectivity index is 1.40. The number of esters is 1. The Bertz CT molecular complexity index is 1310. The molecule has 0 spiro atoms. The SMILES string of the molecule is COC(=O)c1c(C)cccc1COc1cccc(OCc2coc(-c3ccc(S)c(C)c3)n2)c1. The standard InChI is InChI=1S/C27H25NO5S/c1-17-6-4-7-20(25(17)27(29)30-3)14-31-22-8-5-9-23(13-22)32-15-21-16-33-26(28-21)19-10-11-24(34)18(2)12-19/h4-13,16,34H,14-15H2,1-3H3. The van der Waals surface area contributed by atoms with E-state index < -0.39 is 0 Å². The first-order chi connectivity index (χ1) is 16.4. The van der Waals surface area contributed by atoms with Crippen LogP contribution in [0.3, 0.4) is 0 Å². The molecule has 0 aliphatic rings. The fraction of sp³-hybridized carbons (Fsp3) is 0.185. The van der Waals surface area contributed by atoms with Crippen molar-refractivity contribution < 1.29 is 23.4 Å². The molecular formula is C27H25NO5S. The summed E-state index contributed by atoms with van der Waals surface area (Å²) in [4.78, 5) is 17.6. The molecule has 0 N–H and O–H groups in total. The fourth-order valence-corrected chi connectivity index (χ4v) is 3.65. The van der Waals surface area contributed by atoms with Crippen LogP contribution in [0.2, 0.25) is 0 Å². The van der Waals surface area contributed by atoms with Crippen molar-refractivity contribution >= 4 is 18.6 Å². The number of methoxy groups -OCH3 is 1. The van der Waals surface area contributed by atoms with Crippen LogP contribution in [0.1, 0.15) is 32.7 Å². The molecule has 4 rings (SSSR count). The van der Waals surface area contributed by atoms with E-state index >= 15 is 0 Å². The van der Waals surface area contributed by atoms with Crippen LogP contribution in [-0.4, -0.2) is 18.1 Å². The lowest BCUT2D eigenvalue weighted by atomic mass is 10.0. The fourth-order valence-electron chi connectivity index (χ4n) is 3.51. The van der Waals surface area contributed by atoms with Gasteiger partial charge in [-0.15, -0.1) is 12.6 Å². The second-order valence-electron chi connectivity index (χ2n) is 7.80. The van der Waals surface area contributed by atoms with E-state index in [9.17, 15) is 4.79 Å². The van der Waals surface area contributed by atoms with Crippen LogP contribution in [0.4, 0.5) is 0 Å². The summed E-state index contributed by atoms with van der Waals surface area (Å²) >= 11 is 4.40. The van der Waals surface area contributed by atoms with E-state index in [0.29, 0.717) is 28.6 Å². The van der Waals surface area contributed by atoms with Crippen molar-refractivity contribution in [3.63, 3.8) is 0 Å². The first-order valence-corrected chi connectivity index (χ1v) is 11.2. The molecule has 0 atom stereocenters. The minimum Gasteiger partial charge on any atom is -0.489 e. The summed E-state index contributed by atoms with van der Waals surface area (Å²) < 4.78 is 22.3. The van der Waals surface area contributed by atoms with E-state index in [0.717, 1.165) is 27.1 Å². The van der Waals surface area contributed by atoms with Crippen molar-refractivity contribution in [2.75, 3.05) is 7.11 Å². The molecular weight excluding hydrogens is 450 g/mol. The number of thiol groups is 1. The van der Waals surface area contributed by atoms with Crippen molar-refractivity contribution in [1.29, 1.82) is 0 Å². The monoisotopic (exact) mass is 475 g/mol. The summed E-state index contributed by atoms with van der Waals surface area (Å²) in [7, 11) is 1.37. The number of ether oxygens (including phenoxy) is 3. The van der Waals surface area contributed by atoms with E-state index in [4.69, 9.17) is 18.6 Å². The number of rotatable bonds is 8. The molecule has 4 aromatic rings. The van der Waals surface area contributed by atoms with E-state index in [1.54, 1.807) is 12.3 Å². The van der Waals surface area contributed by atoms with Gasteiger partial charge >= 0.3 is 5.97 Å². The summed E-state index contributed by atoms with van der Waals surface area (Å²) in [5, 5.41) is 0. The largest absolute Gasteiger partial charge is 0.489 e. The molecule has 3 aromatic carbocycles. The Morgan fingerprint density at radius 2 is 1.68 bits per heavy atom. The van der Waals surface area contributed by atoms with Crippen molar-refractivity contribution in [1.82, 2.24) is 4.98 Å². The minimum absolute atomic E-state index is 0.229. The van der Waals surface area contributed by atoms with E-state index in [2.05, 4.69) is 17.6 Å². The average Bonchev–Trinajstić information content (AvgIpc) is 3.32. The number of hydrogen-bond acceptors (Lipinski definition) is 7. The molecule has 0 amide bonds. The third-order valence-electron chi connectivity index (χ3n) is 5.33. The first-order valence-electron chi connectivity index (χ1n) is 10.7. The number of carbonyl (C=O) groups is 1. The predicted octanol–water partition coefficient (Wildman–Crippen LogP) is 6.19. The van der Waals surface area contributed by atoms with Gasteiger partial charge in [0.05, 0.1) is 12.7 Å². The summed E-state index contributed by atoms with van der Waals surface area (Å²) in [6.07, 6.45) is 1.59. The van der Waals surface area contributed by atoms with Gasteiger partial charge in [0.15, 0.2) is 0 Å². The summed E-state index contributed by atoms with van der Waals surface area (Å²) in [6, 6.07) is 18.8. The van der Waals surface area contributed by atoms with E-state index in [1.807, 2.05) is 68.4 Å². The Labute approximate surface area is 203 Å². The quantitative estimate of drug-likeness (QED) is 0.242. The van der Waals surface area contributed by atoms with Gasteiger partial charge in [0.25, 0.3) is 0 Å². The van der Waals surface area contributed by atoms with Crippen LogP contribution in [0.25, 0.3) is 11.5 Å². The number of benzene rings is 3. The van der Waals surface area contributed by atoms with Gasteiger partial charge in [-0.1, -0.05) is 24.3 Å². The molecule has 0 aliphatic carbocycles. The Kier molecular flexibility index (Phi) is 7.23.